The Morgan fingerprint density at radius 1 is 1.33 bits per heavy atom. The molecule has 1 aliphatic heterocycles. The Hall–Kier alpha value is -0.710. The van der Waals surface area contributed by atoms with Crippen LogP contribution in [0.2, 0.25) is 0 Å². The number of methoxy groups -OCH3 is 1. The minimum atomic E-state index is 0.164. The molecule has 0 bridgehead atoms. The number of piperidine rings is 1. The lowest BCUT2D eigenvalue weighted by atomic mass is 9.77. The third kappa shape index (κ3) is 3.93. The number of ether oxygens (including phenoxy) is 1. The van der Waals surface area contributed by atoms with E-state index in [9.17, 15) is 5.11 Å². The van der Waals surface area contributed by atoms with E-state index in [1.54, 1.807) is 18.9 Å². The van der Waals surface area contributed by atoms with Crippen molar-refractivity contribution in [2.24, 2.45) is 5.41 Å². The molecule has 2 rings (SSSR count). The molecule has 1 fully saturated rings. The Morgan fingerprint density at radius 2 is 2.05 bits per heavy atom. The summed E-state index contributed by atoms with van der Waals surface area (Å²) in [6.45, 7) is 5.63. The highest BCUT2D eigenvalue weighted by Crippen LogP contribution is 2.35. The Balaban J connectivity index is 1.97. The molecular weight excluding hydrogens is 282 g/mol. The van der Waals surface area contributed by atoms with Gasteiger partial charge in [-0.15, -0.1) is 11.8 Å². The van der Waals surface area contributed by atoms with E-state index in [0.29, 0.717) is 6.61 Å². The monoisotopic (exact) mass is 309 g/mol. The molecule has 0 spiro atoms. The van der Waals surface area contributed by atoms with Crippen molar-refractivity contribution in [3.8, 4) is 5.75 Å². The van der Waals surface area contributed by atoms with Crippen molar-refractivity contribution >= 4 is 11.8 Å². The summed E-state index contributed by atoms with van der Waals surface area (Å²) in [7, 11) is 1.73. The van der Waals surface area contributed by atoms with Gasteiger partial charge in [0.15, 0.2) is 0 Å². The van der Waals surface area contributed by atoms with E-state index in [1.165, 1.54) is 10.5 Å². The molecule has 4 heteroatoms. The first-order valence-corrected chi connectivity index (χ1v) is 8.93. The van der Waals surface area contributed by atoms with Gasteiger partial charge in [0.1, 0.15) is 5.75 Å². The van der Waals surface area contributed by atoms with Crippen molar-refractivity contribution < 1.29 is 9.84 Å². The molecule has 0 aliphatic carbocycles. The highest BCUT2D eigenvalue weighted by atomic mass is 32.2. The standard InChI is InChI=1S/C17H27NO2S/c1-4-17(13-19)7-9-18(10-8-17)12-14-5-6-16(21-3)15(11-14)20-2/h5-6,11,19H,4,7-10,12-13H2,1-3H3. The van der Waals surface area contributed by atoms with E-state index in [-0.39, 0.29) is 5.41 Å². The summed E-state index contributed by atoms with van der Waals surface area (Å²) in [6, 6.07) is 6.49. The maximum Gasteiger partial charge on any atom is 0.132 e. The molecule has 1 N–H and O–H groups in total. The van der Waals surface area contributed by atoms with Gasteiger partial charge in [-0.25, -0.2) is 0 Å². The fraction of sp³-hybridized carbons (Fsp3) is 0.647. The minimum absolute atomic E-state index is 0.164. The van der Waals surface area contributed by atoms with E-state index in [0.717, 1.165) is 44.6 Å². The van der Waals surface area contributed by atoms with Gasteiger partial charge in [-0.3, -0.25) is 4.90 Å². The molecule has 3 nitrogen and oxygen atoms in total. The van der Waals surface area contributed by atoms with E-state index >= 15 is 0 Å². The predicted octanol–water partition coefficient (Wildman–Crippen LogP) is 3.40. The van der Waals surface area contributed by atoms with Crippen LogP contribution in [-0.4, -0.2) is 43.1 Å². The van der Waals surface area contributed by atoms with Crippen molar-refractivity contribution in [1.82, 2.24) is 4.90 Å². The summed E-state index contributed by atoms with van der Waals surface area (Å²) < 4.78 is 5.46. The molecule has 1 aliphatic rings. The number of aliphatic hydroxyl groups excluding tert-OH is 1. The molecule has 21 heavy (non-hydrogen) atoms. The average molecular weight is 309 g/mol. The highest BCUT2D eigenvalue weighted by molar-refractivity contribution is 7.98. The number of nitrogens with zero attached hydrogens (tertiary/aromatic N) is 1. The Labute approximate surface area is 132 Å². The second-order valence-corrected chi connectivity index (χ2v) is 6.83. The zero-order valence-electron chi connectivity index (χ0n) is 13.4. The van der Waals surface area contributed by atoms with Gasteiger partial charge in [-0.2, -0.15) is 0 Å². The number of hydrogen-bond acceptors (Lipinski definition) is 4. The van der Waals surface area contributed by atoms with E-state index in [2.05, 4.69) is 36.3 Å². The molecule has 1 aromatic rings. The maximum atomic E-state index is 9.61. The van der Waals surface area contributed by atoms with Crippen LogP contribution in [-0.2, 0) is 6.54 Å². The van der Waals surface area contributed by atoms with Crippen LogP contribution in [0, 0.1) is 5.41 Å². The summed E-state index contributed by atoms with van der Waals surface area (Å²) in [5.74, 6) is 0.968. The van der Waals surface area contributed by atoms with Crippen molar-refractivity contribution in [1.29, 1.82) is 0 Å². The molecule has 1 aromatic carbocycles. The van der Waals surface area contributed by atoms with Crippen LogP contribution in [0.3, 0.4) is 0 Å². The van der Waals surface area contributed by atoms with Crippen LogP contribution in [0.1, 0.15) is 31.7 Å². The molecule has 0 radical (unpaired) electrons. The Bertz CT molecular complexity index is 450. The Morgan fingerprint density at radius 3 is 2.57 bits per heavy atom. The molecule has 0 amide bonds. The lowest BCUT2D eigenvalue weighted by molar-refractivity contribution is 0.0382. The number of aliphatic hydroxyl groups is 1. The Kier molecular flexibility index (Phi) is 5.97. The number of rotatable bonds is 6. The highest BCUT2D eigenvalue weighted by Gasteiger charge is 2.32. The number of hydrogen-bond donors (Lipinski definition) is 1. The molecule has 0 aromatic heterocycles. The number of benzene rings is 1. The average Bonchev–Trinajstić information content (AvgIpc) is 2.55. The fourth-order valence-electron chi connectivity index (χ4n) is 3.05. The SMILES string of the molecule is CCC1(CO)CCN(Cc2ccc(SC)c(OC)c2)CC1. The molecule has 118 valence electrons. The van der Waals surface area contributed by atoms with Crippen molar-refractivity contribution in [2.75, 3.05) is 33.1 Å². The summed E-state index contributed by atoms with van der Waals surface area (Å²) >= 11 is 1.71. The summed E-state index contributed by atoms with van der Waals surface area (Å²) in [5.41, 5.74) is 1.47. The predicted molar refractivity (Wildman–Crippen MR) is 89.1 cm³/mol. The van der Waals surface area contributed by atoms with Gasteiger partial charge in [0, 0.05) is 18.0 Å². The molecular formula is C17H27NO2S. The topological polar surface area (TPSA) is 32.7 Å². The van der Waals surface area contributed by atoms with Crippen LogP contribution in [0.15, 0.2) is 23.1 Å². The third-order valence-electron chi connectivity index (χ3n) is 4.86. The van der Waals surface area contributed by atoms with E-state index in [1.807, 2.05) is 0 Å². The number of thioether (sulfide) groups is 1. The smallest absolute Gasteiger partial charge is 0.132 e. The van der Waals surface area contributed by atoms with Crippen molar-refractivity contribution in [2.45, 2.75) is 37.6 Å². The van der Waals surface area contributed by atoms with Gasteiger partial charge in [0.25, 0.3) is 0 Å². The van der Waals surface area contributed by atoms with E-state index < -0.39 is 0 Å². The maximum absolute atomic E-state index is 9.61. The first kappa shape index (κ1) is 16.7. The molecule has 1 heterocycles. The lowest BCUT2D eigenvalue weighted by Crippen LogP contribution is -2.41. The van der Waals surface area contributed by atoms with Crippen molar-refractivity contribution in [3.63, 3.8) is 0 Å². The number of likely N-dealkylation sites (tertiary alicyclic amines) is 1. The zero-order valence-corrected chi connectivity index (χ0v) is 14.2. The first-order valence-electron chi connectivity index (χ1n) is 7.70. The lowest BCUT2D eigenvalue weighted by Gasteiger charge is -2.40. The van der Waals surface area contributed by atoms with Gasteiger partial charge in [0.05, 0.1) is 7.11 Å². The van der Waals surface area contributed by atoms with Gasteiger partial charge in [0.2, 0.25) is 0 Å². The summed E-state index contributed by atoms with van der Waals surface area (Å²) in [5, 5.41) is 9.61. The molecule has 0 atom stereocenters. The quantitative estimate of drug-likeness (QED) is 0.816. The van der Waals surface area contributed by atoms with Gasteiger partial charge < -0.3 is 9.84 Å². The summed E-state index contributed by atoms with van der Waals surface area (Å²) in [6.07, 6.45) is 5.34. The summed E-state index contributed by atoms with van der Waals surface area (Å²) in [4.78, 5) is 3.67. The fourth-order valence-corrected chi connectivity index (χ4v) is 3.59. The van der Waals surface area contributed by atoms with Crippen LogP contribution in [0.25, 0.3) is 0 Å². The van der Waals surface area contributed by atoms with Gasteiger partial charge >= 0.3 is 0 Å². The van der Waals surface area contributed by atoms with E-state index in [4.69, 9.17) is 4.74 Å². The van der Waals surface area contributed by atoms with Crippen LogP contribution >= 0.6 is 11.8 Å². The zero-order chi connectivity index (χ0) is 15.3. The minimum Gasteiger partial charge on any atom is -0.496 e. The second kappa shape index (κ2) is 7.52. The molecule has 0 saturated carbocycles. The molecule has 0 unspecified atom stereocenters. The molecule has 1 saturated heterocycles. The van der Waals surface area contributed by atoms with Gasteiger partial charge in [-0.1, -0.05) is 13.0 Å². The normalized spacial score (nSPS) is 18.7. The van der Waals surface area contributed by atoms with Crippen LogP contribution in [0.5, 0.6) is 5.75 Å². The van der Waals surface area contributed by atoms with Crippen LogP contribution < -0.4 is 4.74 Å². The van der Waals surface area contributed by atoms with Crippen molar-refractivity contribution in [3.05, 3.63) is 23.8 Å². The van der Waals surface area contributed by atoms with Crippen LogP contribution in [0.4, 0.5) is 0 Å². The largest absolute Gasteiger partial charge is 0.496 e. The third-order valence-corrected chi connectivity index (χ3v) is 5.63. The van der Waals surface area contributed by atoms with Gasteiger partial charge in [-0.05, 0) is 61.7 Å². The second-order valence-electron chi connectivity index (χ2n) is 5.98. The first-order chi connectivity index (χ1) is 10.2.